The SMILES string of the molecule is CC1=NN(c2ccccc2)C(=O)/C1=C\c1cn(-c2ccccc2)nc1-c1ccc(OCc2ccccc2F)cc1. The highest BCUT2D eigenvalue weighted by Gasteiger charge is 2.29. The summed E-state index contributed by atoms with van der Waals surface area (Å²) in [6.45, 7) is 1.96. The molecule has 0 bridgehead atoms. The van der Waals surface area contributed by atoms with Gasteiger partial charge in [-0.2, -0.15) is 15.2 Å². The second-order valence-corrected chi connectivity index (χ2v) is 9.31. The predicted molar refractivity (Wildman–Crippen MR) is 155 cm³/mol. The zero-order chi connectivity index (χ0) is 27.5. The predicted octanol–water partition coefficient (Wildman–Crippen LogP) is 7.06. The molecular weight excluding hydrogens is 503 g/mol. The fraction of sp³-hybridized carbons (Fsp3) is 0.0606. The quantitative estimate of drug-likeness (QED) is 0.213. The molecular formula is C33H25FN4O2. The molecule has 5 aromatic rings. The first-order chi connectivity index (χ1) is 19.6. The number of hydrogen-bond acceptors (Lipinski definition) is 4. The summed E-state index contributed by atoms with van der Waals surface area (Å²) in [6.07, 6.45) is 3.75. The van der Waals surface area contributed by atoms with Crippen LogP contribution < -0.4 is 9.75 Å². The minimum atomic E-state index is -0.297. The zero-order valence-corrected chi connectivity index (χ0v) is 21.7. The van der Waals surface area contributed by atoms with Crippen LogP contribution in [0, 0.1) is 5.82 Å². The molecule has 0 N–H and O–H groups in total. The van der Waals surface area contributed by atoms with Gasteiger partial charge >= 0.3 is 0 Å². The van der Waals surface area contributed by atoms with Crippen molar-refractivity contribution in [3.63, 3.8) is 0 Å². The molecule has 0 saturated heterocycles. The second kappa shape index (κ2) is 10.8. The van der Waals surface area contributed by atoms with Crippen molar-refractivity contribution >= 4 is 23.4 Å². The third-order valence-electron chi connectivity index (χ3n) is 6.61. The minimum Gasteiger partial charge on any atom is -0.489 e. The Morgan fingerprint density at radius 2 is 1.48 bits per heavy atom. The lowest BCUT2D eigenvalue weighted by molar-refractivity contribution is -0.114. The monoisotopic (exact) mass is 528 g/mol. The van der Waals surface area contributed by atoms with Gasteiger partial charge < -0.3 is 4.74 Å². The summed E-state index contributed by atoms with van der Waals surface area (Å²) in [6, 6.07) is 33.2. The standard InChI is InChI=1S/C33H25FN4O2/c1-23-30(33(39)38(35-23)28-13-6-3-7-14-28)20-26-21-37(27-11-4-2-5-12-27)36-32(26)24-16-18-29(19-17-24)40-22-25-10-8-9-15-31(25)34/h2-21H,22H2,1H3/b30-20-. The number of hydrogen-bond donors (Lipinski definition) is 0. The van der Waals surface area contributed by atoms with E-state index in [1.54, 1.807) is 22.9 Å². The van der Waals surface area contributed by atoms with Crippen LogP contribution in [0.4, 0.5) is 10.1 Å². The number of halogens is 1. The van der Waals surface area contributed by atoms with Gasteiger partial charge in [-0.25, -0.2) is 9.07 Å². The smallest absolute Gasteiger partial charge is 0.280 e. The van der Waals surface area contributed by atoms with Gasteiger partial charge in [0.2, 0.25) is 0 Å². The topological polar surface area (TPSA) is 59.7 Å². The average molecular weight is 529 g/mol. The van der Waals surface area contributed by atoms with E-state index >= 15 is 0 Å². The van der Waals surface area contributed by atoms with Gasteiger partial charge in [0, 0.05) is 22.9 Å². The number of carbonyl (C=O) groups is 1. The molecule has 0 radical (unpaired) electrons. The number of rotatable bonds is 7. The van der Waals surface area contributed by atoms with Crippen LogP contribution >= 0.6 is 0 Å². The molecule has 2 heterocycles. The Balaban J connectivity index is 1.33. The third kappa shape index (κ3) is 5.05. The number of para-hydroxylation sites is 2. The number of benzene rings is 4. The van der Waals surface area contributed by atoms with Crippen molar-refractivity contribution in [1.82, 2.24) is 9.78 Å². The molecule has 1 aliphatic heterocycles. The van der Waals surface area contributed by atoms with Crippen molar-refractivity contribution in [2.75, 3.05) is 5.01 Å². The van der Waals surface area contributed by atoms with Gasteiger partial charge in [-0.05, 0) is 67.6 Å². The Hall–Kier alpha value is -5.30. The molecule has 0 atom stereocenters. The van der Waals surface area contributed by atoms with Gasteiger partial charge in [-0.1, -0.05) is 54.6 Å². The first-order valence-corrected chi connectivity index (χ1v) is 12.9. The first-order valence-electron chi connectivity index (χ1n) is 12.9. The zero-order valence-electron chi connectivity index (χ0n) is 21.7. The summed E-state index contributed by atoms with van der Waals surface area (Å²) in [5, 5.41) is 10.8. The molecule has 1 aromatic heterocycles. The Bertz CT molecular complexity index is 1730. The maximum Gasteiger partial charge on any atom is 0.280 e. The van der Waals surface area contributed by atoms with Crippen LogP contribution in [0.25, 0.3) is 23.0 Å². The van der Waals surface area contributed by atoms with E-state index in [0.717, 1.165) is 16.8 Å². The Labute approximate surface area is 231 Å². The van der Waals surface area contributed by atoms with Crippen LogP contribution in [0.5, 0.6) is 5.75 Å². The van der Waals surface area contributed by atoms with Crippen LogP contribution in [0.3, 0.4) is 0 Å². The van der Waals surface area contributed by atoms with Crippen molar-refractivity contribution in [2.45, 2.75) is 13.5 Å². The summed E-state index contributed by atoms with van der Waals surface area (Å²) in [5.41, 5.74) is 5.55. The molecule has 6 nitrogen and oxygen atoms in total. The summed E-state index contributed by atoms with van der Waals surface area (Å²) >= 11 is 0. The molecule has 0 fully saturated rings. The largest absolute Gasteiger partial charge is 0.489 e. The van der Waals surface area contributed by atoms with Crippen LogP contribution in [-0.2, 0) is 11.4 Å². The average Bonchev–Trinajstić information content (AvgIpc) is 3.55. The number of carbonyl (C=O) groups excluding carboxylic acids is 1. The van der Waals surface area contributed by atoms with E-state index in [-0.39, 0.29) is 18.3 Å². The fourth-order valence-corrected chi connectivity index (χ4v) is 4.50. The van der Waals surface area contributed by atoms with Gasteiger partial charge in [0.15, 0.2) is 0 Å². The Morgan fingerprint density at radius 3 is 2.17 bits per heavy atom. The summed E-state index contributed by atoms with van der Waals surface area (Å²) in [5.74, 6) is 0.121. The minimum absolute atomic E-state index is 0.130. The van der Waals surface area contributed by atoms with E-state index in [2.05, 4.69) is 5.10 Å². The maximum atomic E-state index is 14.0. The van der Waals surface area contributed by atoms with Crippen molar-refractivity contribution in [3.8, 4) is 22.7 Å². The van der Waals surface area contributed by atoms with E-state index < -0.39 is 0 Å². The number of hydrazone groups is 1. The van der Waals surface area contributed by atoms with Crippen molar-refractivity contribution in [3.05, 3.63) is 138 Å². The molecule has 0 aliphatic carbocycles. The van der Waals surface area contributed by atoms with Crippen LogP contribution in [0.2, 0.25) is 0 Å². The lowest BCUT2D eigenvalue weighted by Crippen LogP contribution is -2.21. The Morgan fingerprint density at radius 1 is 0.825 bits per heavy atom. The second-order valence-electron chi connectivity index (χ2n) is 9.31. The van der Waals surface area contributed by atoms with E-state index in [1.807, 2.05) is 104 Å². The molecule has 40 heavy (non-hydrogen) atoms. The van der Waals surface area contributed by atoms with Gasteiger partial charge in [-0.3, -0.25) is 4.79 Å². The summed E-state index contributed by atoms with van der Waals surface area (Å²) in [4.78, 5) is 13.4. The number of ether oxygens (including phenoxy) is 1. The Kier molecular flexibility index (Phi) is 6.77. The van der Waals surface area contributed by atoms with E-state index in [4.69, 9.17) is 9.84 Å². The summed E-state index contributed by atoms with van der Waals surface area (Å²) < 4.78 is 21.6. The molecule has 0 spiro atoms. The molecule has 1 aliphatic rings. The van der Waals surface area contributed by atoms with Crippen molar-refractivity contribution in [1.29, 1.82) is 0 Å². The molecule has 0 saturated carbocycles. The molecule has 7 heteroatoms. The van der Waals surface area contributed by atoms with Gasteiger partial charge in [0.05, 0.1) is 28.4 Å². The molecule has 196 valence electrons. The highest BCUT2D eigenvalue weighted by molar-refractivity contribution is 6.32. The highest BCUT2D eigenvalue weighted by atomic mass is 19.1. The van der Waals surface area contributed by atoms with E-state index in [1.165, 1.54) is 11.1 Å². The molecule has 0 unspecified atom stereocenters. The highest BCUT2D eigenvalue weighted by Crippen LogP contribution is 2.30. The number of anilines is 1. The van der Waals surface area contributed by atoms with Gasteiger partial charge in [0.1, 0.15) is 18.2 Å². The fourth-order valence-electron chi connectivity index (χ4n) is 4.50. The van der Waals surface area contributed by atoms with Crippen LogP contribution in [0.1, 0.15) is 18.1 Å². The third-order valence-corrected chi connectivity index (χ3v) is 6.61. The van der Waals surface area contributed by atoms with Crippen molar-refractivity contribution in [2.24, 2.45) is 5.10 Å². The molecule has 1 amide bonds. The number of aromatic nitrogens is 2. The normalized spacial score (nSPS) is 14.1. The number of nitrogens with zero attached hydrogens (tertiary/aromatic N) is 4. The van der Waals surface area contributed by atoms with Crippen LogP contribution in [-0.4, -0.2) is 21.4 Å². The maximum absolute atomic E-state index is 14.0. The lowest BCUT2D eigenvalue weighted by atomic mass is 10.0. The lowest BCUT2D eigenvalue weighted by Gasteiger charge is -2.11. The molecule has 4 aromatic carbocycles. The first kappa shape index (κ1) is 25.0. The molecule has 6 rings (SSSR count). The summed E-state index contributed by atoms with van der Waals surface area (Å²) in [7, 11) is 0. The van der Waals surface area contributed by atoms with E-state index in [0.29, 0.717) is 34.0 Å². The van der Waals surface area contributed by atoms with Gasteiger partial charge in [-0.15, -0.1) is 0 Å². The van der Waals surface area contributed by atoms with Crippen molar-refractivity contribution < 1.29 is 13.9 Å². The van der Waals surface area contributed by atoms with Crippen LogP contribution in [0.15, 0.2) is 126 Å². The number of amides is 1. The van der Waals surface area contributed by atoms with E-state index in [9.17, 15) is 9.18 Å². The van der Waals surface area contributed by atoms with Gasteiger partial charge in [0.25, 0.3) is 5.91 Å².